The number of hydrogen-bond acceptors (Lipinski definition) is 7. The molecule has 3 aromatic heterocycles. The quantitative estimate of drug-likeness (QED) is 0.358. The molecule has 0 saturated carbocycles. The Morgan fingerprint density at radius 1 is 0.944 bits per heavy atom. The number of benzene rings is 3. The number of nitrogens with zero attached hydrogens (tertiary/aromatic N) is 5. The molecule has 0 spiro atoms. The molecule has 0 saturated heterocycles. The Kier molecular flexibility index (Phi) is 5.30. The third-order valence-electron chi connectivity index (χ3n) is 6.00. The summed E-state index contributed by atoms with van der Waals surface area (Å²) in [6, 6.07) is 21.8. The van der Waals surface area contributed by atoms with E-state index in [0.717, 1.165) is 0 Å². The molecule has 1 unspecified atom stereocenters. The van der Waals surface area contributed by atoms with E-state index in [0.29, 0.717) is 50.0 Å². The van der Waals surface area contributed by atoms with E-state index in [1.165, 1.54) is 16.3 Å². The van der Waals surface area contributed by atoms with Gasteiger partial charge in [-0.3, -0.25) is 14.0 Å². The SMILES string of the molecule is COc1cccc(-n2c(=O)c3ccccc3n3c(SC(C)c4nc5ccccc5c(=O)[nH]4)nnc23)c1. The maximum absolute atomic E-state index is 13.5. The zero-order valence-electron chi connectivity index (χ0n) is 19.4. The Labute approximate surface area is 208 Å². The van der Waals surface area contributed by atoms with Gasteiger partial charge in [-0.15, -0.1) is 10.2 Å². The summed E-state index contributed by atoms with van der Waals surface area (Å²) >= 11 is 1.40. The van der Waals surface area contributed by atoms with Crippen molar-refractivity contribution in [1.82, 2.24) is 29.1 Å². The number of para-hydroxylation sites is 2. The van der Waals surface area contributed by atoms with Gasteiger partial charge in [0.05, 0.1) is 39.9 Å². The fraction of sp³-hybridized carbons (Fsp3) is 0.115. The Morgan fingerprint density at radius 2 is 1.72 bits per heavy atom. The molecule has 178 valence electrons. The molecule has 3 aromatic carbocycles. The van der Waals surface area contributed by atoms with Gasteiger partial charge in [0, 0.05) is 6.07 Å². The zero-order chi connectivity index (χ0) is 24.8. The average molecular weight is 497 g/mol. The van der Waals surface area contributed by atoms with E-state index in [1.54, 1.807) is 25.3 Å². The minimum absolute atomic E-state index is 0.188. The molecule has 0 bridgehead atoms. The molecule has 1 atom stereocenters. The van der Waals surface area contributed by atoms with Crippen molar-refractivity contribution >= 4 is 39.3 Å². The first-order chi connectivity index (χ1) is 17.5. The topological polar surface area (TPSA) is 107 Å². The number of rotatable bonds is 5. The van der Waals surface area contributed by atoms with Crippen molar-refractivity contribution in [2.24, 2.45) is 0 Å². The van der Waals surface area contributed by atoms with Crippen LogP contribution in [0.25, 0.3) is 33.3 Å². The fourth-order valence-electron chi connectivity index (χ4n) is 4.25. The molecule has 6 aromatic rings. The molecule has 0 aliphatic heterocycles. The van der Waals surface area contributed by atoms with Gasteiger partial charge < -0.3 is 9.72 Å². The Morgan fingerprint density at radius 3 is 2.56 bits per heavy atom. The van der Waals surface area contributed by atoms with Crippen LogP contribution in [-0.2, 0) is 0 Å². The summed E-state index contributed by atoms with van der Waals surface area (Å²) in [4.78, 5) is 33.7. The maximum Gasteiger partial charge on any atom is 0.267 e. The highest BCUT2D eigenvalue weighted by Crippen LogP contribution is 2.33. The van der Waals surface area contributed by atoms with E-state index >= 15 is 0 Å². The minimum Gasteiger partial charge on any atom is -0.497 e. The van der Waals surface area contributed by atoms with Crippen LogP contribution in [0.2, 0.25) is 0 Å². The van der Waals surface area contributed by atoms with Crippen molar-refractivity contribution in [3.05, 3.63) is 99.3 Å². The molecule has 36 heavy (non-hydrogen) atoms. The van der Waals surface area contributed by atoms with Crippen LogP contribution in [0, 0.1) is 0 Å². The molecule has 0 amide bonds. The van der Waals surface area contributed by atoms with E-state index in [4.69, 9.17) is 4.74 Å². The molecule has 3 heterocycles. The third kappa shape index (κ3) is 3.54. The lowest BCUT2D eigenvalue weighted by Gasteiger charge is -2.13. The lowest BCUT2D eigenvalue weighted by atomic mass is 10.2. The molecule has 0 radical (unpaired) electrons. The molecule has 10 heteroatoms. The van der Waals surface area contributed by atoms with E-state index in [9.17, 15) is 9.59 Å². The van der Waals surface area contributed by atoms with Gasteiger partial charge >= 0.3 is 0 Å². The highest BCUT2D eigenvalue weighted by atomic mass is 32.2. The van der Waals surface area contributed by atoms with E-state index in [-0.39, 0.29) is 16.4 Å². The van der Waals surface area contributed by atoms with Crippen molar-refractivity contribution in [3.63, 3.8) is 0 Å². The number of thioether (sulfide) groups is 1. The smallest absolute Gasteiger partial charge is 0.267 e. The molecule has 0 fully saturated rings. The second-order valence-corrected chi connectivity index (χ2v) is 9.51. The van der Waals surface area contributed by atoms with Gasteiger partial charge in [0.1, 0.15) is 11.6 Å². The molecule has 9 nitrogen and oxygen atoms in total. The first-order valence-electron chi connectivity index (χ1n) is 11.2. The van der Waals surface area contributed by atoms with Gasteiger partial charge in [-0.2, -0.15) is 0 Å². The van der Waals surface area contributed by atoms with Gasteiger partial charge in [-0.1, -0.05) is 42.1 Å². The highest BCUT2D eigenvalue weighted by Gasteiger charge is 2.21. The van der Waals surface area contributed by atoms with E-state index in [1.807, 2.05) is 65.9 Å². The zero-order valence-corrected chi connectivity index (χ0v) is 20.2. The van der Waals surface area contributed by atoms with Crippen molar-refractivity contribution in [2.75, 3.05) is 7.11 Å². The largest absolute Gasteiger partial charge is 0.497 e. The van der Waals surface area contributed by atoms with E-state index in [2.05, 4.69) is 20.2 Å². The number of aromatic nitrogens is 6. The van der Waals surface area contributed by atoms with Crippen molar-refractivity contribution in [3.8, 4) is 11.4 Å². The van der Waals surface area contributed by atoms with Crippen LogP contribution in [-0.4, -0.2) is 36.2 Å². The monoisotopic (exact) mass is 496 g/mol. The Hall–Kier alpha value is -4.44. The van der Waals surface area contributed by atoms with Gasteiger partial charge in [-0.25, -0.2) is 9.55 Å². The number of H-pyrrole nitrogens is 1. The predicted molar refractivity (Wildman–Crippen MR) is 139 cm³/mol. The van der Waals surface area contributed by atoms with E-state index < -0.39 is 0 Å². The second kappa shape index (κ2) is 8.65. The normalized spacial score (nSPS) is 12.4. The van der Waals surface area contributed by atoms with Crippen molar-refractivity contribution in [2.45, 2.75) is 17.3 Å². The molecular weight excluding hydrogens is 476 g/mol. The van der Waals surface area contributed by atoms with Crippen LogP contribution in [0.15, 0.2) is 87.5 Å². The van der Waals surface area contributed by atoms with Crippen LogP contribution in [0.4, 0.5) is 0 Å². The van der Waals surface area contributed by atoms with Gasteiger partial charge in [0.2, 0.25) is 5.78 Å². The number of fused-ring (bicyclic) bond motifs is 4. The third-order valence-corrected chi connectivity index (χ3v) is 7.06. The maximum atomic E-state index is 13.5. The van der Waals surface area contributed by atoms with Crippen molar-refractivity contribution < 1.29 is 4.74 Å². The number of nitrogens with one attached hydrogen (secondary N) is 1. The first kappa shape index (κ1) is 22.1. The molecular formula is C26H20N6O3S. The number of methoxy groups -OCH3 is 1. The first-order valence-corrected chi connectivity index (χ1v) is 12.1. The van der Waals surface area contributed by atoms with Crippen LogP contribution in [0.5, 0.6) is 5.75 Å². The Balaban J connectivity index is 1.53. The molecule has 6 rings (SSSR count). The van der Waals surface area contributed by atoms with Gasteiger partial charge in [-0.05, 0) is 43.3 Å². The fourth-order valence-corrected chi connectivity index (χ4v) is 5.16. The summed E-state index contributed by atoms with van der Waals surface area (Å²) in [5.41, 5.74) is 1.55. The predicted octanol–water partition coefficient (Wildman–Crippen LogP) is 4.13. The molecule has 0 aliphatic rings. The van der Waals surface area contributed by atoms with Gasteiger partial charge in [0.25, 0.3) is 11.1 Å². The summed E-state index contributed by atoms with van der Waals surface area (Å²) in [5, 5.41) is 10.2. The number of aromatic amines is 1. The standard InChI is InChI=1S/C26H20N6O3S/c1-15(22-27-20-12-5-3-10-18(20)23(33)28-22)36-26-30-29-25-31(16-8-7-9-17(14-16)35-2)24(34)19-11-4-6-13-21(19)32(25)26/h3-15H,1-2H3,(H,27,28,33). The number of ether oxygens (including phenoxy) is 1. The number of hydrogen-bond donors (Lipinski definition) is 1. The summed E-state index contributed by atoms with van der Waals surface area (Å²) in [5.74, 6) is 1.53. The lowest BCUT2D eigenvalue weighted by Crippen LogP contribution is -2.22. The van der Waals surface area contributed by atoms with Crippen LogP contribution >= 0.6 is 11.8 Å². The van der Waals surface area contributed by atoms with Gasteiger partial charge in [0.15, 0.2) is 5.16 Å². The lowest BCUT2D eigenvalue weighted by molar-refractivity contribution is 0.414. The average Bonchev–Trinajstić information content (AvgIpc) is 3.32. The second-order valence-electron chi connectivity index (χ2n) is 8.21. The highest BCUT2D eigenvalue weighted by molar-refractivity contribution is 7.99. The Bertz CT molecular complexity index is 1890. The molecule has 1 N–H and O–H groups in total. The molecule has 0 aliphatic carbocycles. The summed E-state index contributed by atoms with van der Waals surface area (Å²) in [7, 11) is 1.58. The summed E-state index contributed by atoms with van der Waals surface area (Å²) in [6.45, 7) is 1.94. The van der Waals surface area contributed by atoms with Crippen LogP contribution < -0.4 is 15.9 Å². The summed E-state index contributed by atoms with van der Waals surface area (Å²) in [6.07, 6.45) is 0. The van der Waals surface area contributed by atoms with Crippen molar-refractivity contribution in [1.29, 1.82) is 0 Å². The minimum atomic E-state index is -0.245. The summed E-state index contributed by atoms with van der Waals surface area (Å²) < 4.78 is 8.75. The van der Waals surface area contributed by atoms with Crippen LogP contribution in [0.1, 0.15) is 18.0 Å². The van der Waals surface area contributed by atoms with Crippen LogP contribution in [0.3, 0.4) is 0 Å².